The van der Waals surface area contributed by atoms with Gasteiger partial charge < -0.3 is 5.32 Å². The van der Waals surface area contributed by atoms with Crippen LogP contribution in [0.4, 0.5) is 4.39 Å². The fourth-order valence-corrected chi connectivity index (χ4v) is 2.30. The second-order valence-electron chi connectivity index (χ2n) is 4.60. The molecule has 1 atom stereocenters. The monoisotopic (exact) mass is 260 g/mol. The Kier molecular flexibility index (Phi) is 2.98. The van der Waals surface area contributed by atoms with Crippen molar-refractivity contribution in [1.82, 2.24) is 20.1 Å². The van der Waals surface area contributed by atoms with Crippen LogP contribution in [0.15, 0.2) is 30.7 Å². The Morgan fingerprint density at radius 1 is 1.47 bits per heavy atom. The van der Waals surface area contributed by atoms with Crippen LogP contribution in [0.3, 0.4) is 0 Å². The first-order chi connectivity index (χ1) is 9.22. The molecule has 0 bridgehead atoms. The van der Waals surface area contributed by atoms with Crippen LogP contribution in [-0.2, 0) is 13.0 Å². The summed E-state index contributed by atoms with van der Waals surface area (Å²) in [4.78, 5) is 15.7. The summed E-state index contributed by atoms with van der Waals surface area (Å²) in [5.41, 5.74) is 1.35. The summed E-state index contributed by atoms with van der Waals surface area (Å²) in [6.07, 6.45) is 5.77. The van der Waals surface area contributed by atoms with Crippen molar-refractivity contribution < 1.29 is 9.18 Å². The molecule has 1 aliphatic heterocycles. The lowest BCUT2D eigenvalue weighted by molar-refractivity contribution is 0.0929. The van der Waals surface area contributed by atoms with E-state index in [0.717, 1.165) is 31.3 Å². The number of fused-ring (bicyclic) bond motifs is 1. The van der Waals surface area contributed by atoms with Crippen molar-refractivity contribution in [1.29, 1.82) is 0 Å². The summed E-state index contributed by atoms with van der Waals surface area (Å²) in [6.45, 7) is 0.786. The van der Waals surface area contributed by atoms with Crippen molar-refractivity contribution in [2.24, 2.45) is 0 Å². The van der Waals surface area contributed by atoms with E-state index in [0.29, 0.717) is 0 Å². The number of pyridine rings is 1. The molecule has 2 aromatic rings. The first-order valence-electron chi connectivity index (χ1n) is 6.14. The molecule has 0 spiro atoms. The average Bonchev–Trinajstić information content (AvgIpc) is 2.86. The number of hydrogen-bond acceptors (Lipinski definition) is 3. The highest BCUT2D eigenvalue weighted by atomic mass is 19.1. The minimum Gasteiger partial charge on any atom is -0.349 e. The van der Waals surface area contributed by atoms with E-state index in [9.17, 15) is 9.18 Å². The van der Waals surface area contributed by atoms with Crippen LogP contribution < -0.4 is 5.32 Å². The SMILES string of the molecule is O=C(NC1CCn2nccc2C1)c1cncc(F)c1. The Balaban J connectivity index is 1.68. The van der Waals surface area contributed by atoms with Crippen molar-refractivity contribution in [2.75, 3.05) is 0 Å². The van der Waals surface area contributed by atoms with Gasteiger partial charge in [-0.15, -0.1) is 0 Å². The van der Waals surface area contributed by atoms with Crippen LogP contribution in [-0.4, -0.2) is 26.7 Å². The van der Waals surface area contributed by atoms with Crippen LogP contribution in [0.1, 0.15) is 22.5 Å². The summed E-state index contributed by atoms with van der Waals surface area (Å²) >= 11 is 0. The highest BCUT2D eigenvalue weighted by Gasteiger charge is 2.21. The van der Waals surface area contributed by atoms with Crippen LogP contribution in [0.5, 0.6) is 0 Å². The van der Waals surface area contributed by atoms with Crippen molar-refractivity contribution in [3.8, 4) is 0 Å². The number of halogens is 1. The lowest BCUT2D eigenvalue weighted by Gasteiger charge is -2.24. The molecule has 1 unspecified atom stereocenters. The van der Waals surface area contributed by atoms with E-state index in [-0.39, 0.29) is 17.5 Å². The fourth-order valence-electron chi connectivity index (χ4n) is 2.30. The summed E-state index contributed by atoms with van der Waals surface area (Å²) in [6, 6.07) is 3.19. The number of hydrogen-bond donors (Lipinski definition) is 1. The van der Waals surface area contributed by atoms with E-state index >= 15 is 0 Å². The lowest BCUT2D eigenvalue weighted by atomic mass is 10.0. The van der Waals surface area contributed by atoms with E-state index in [2.05, 4.69) is 15.4 Å². The van der Waals surface area contributed by atoms with Gasteiger partial charge in [-0.2, -0.15) is 5.10 Å². The zero-order valence-corrected chi connectivity index (χ0v) is 10.2. The number of aromatic nitrogens is 3. The Morgan fingerprint density at radius 2 is 2.37 bits per heavy atom. The molecule has 5 nitrogen and oxygen atoms in total. The number of nitrogens with one attached hydrogen (secondary N) is 1. The van der Waals surface area contributed by atoms with Gasteiger partial charge in [-0.25, -0.2) is 4.39 Å². The largest absolute Gasteiger partial charge is 0.349 e. The standard InChI is InChI=1S/C13H13FN4O/c14-10-5-9(7-15-8-10)13(19)17-11-2-4-18-12(6-11)1-3-16-18/h1,3,5,7-8,11H,2,4,6H2,(H,17,19). The van der Waals surface area contributed by atoms with Gasteiger partial charge in [0.1, 0.15) is 5.82 Å². The maximum absolute atomic E-state index is 13.0. The highest BCUT2D eigenvalue weighted by molar-refractivity contribution is 5.94. The van der Waals surface area contributed by atoms with Crippen molar-refractivity contribution >= 4 is 5.91 Å². The van der Waals surface area contributed by atoms with Crippen LogP contribution in [0, 0.1) is 5.82 Å². The molecule has 6 heteroatoms. The summed E-state index contributed by atoms with van der Waals surface area (Å²) in [5, 5.41) is 7.09. The lowest BCUT2D eigenvalue weighted by Crippen LogP contribution is -2.40. The number of carbonyl (C=O) groups excluding carboxylic acids is 1. The zero-order valence-electron chi connectivity index (χ0n) is 10.2. The number of nitrogens with zero attached hydrogens (tertiary/aromatic N) is 3. The average molecular weight is 260 g/mol. The highest BCUT2D eigenvalue weighted by Crippen LogP contribution is 2.14. The minimum atomic E-state index is -0.505. The van der Waals surface area contributed by atoms with Crippen molar-refractivity contribution in [2.45, 2.75) is 25.4 Å². The number of rotatable bonds is 2. The van der Waals surface area contributed by atoms with Gasteiger partial charge in [0.2, 0.25) is 0 Å². The van der Waals surface area contributed by atoms with Crippen LogP contribution in [0.2, 0.25) is 0 Å². The fraction of sp³-hybridized carbons (Fsp3) is 0.308. The van der Waals surface area contributed by atoms with Gasteiger partial charge in [0.05, 0.1) is 11.8 Å². The van der Waals surface area contributed by atoms with E-state index < -0.39 is 5.82 Å². The molecular weight excluding hydrogens is 247 g/mol. The number of carbonyl (C=O) groups is 1. The molecule has 98 valence electrons. The topological polar surface area (TPSA) is 59.8 Å². The summed E-state index contributed by atoms with van der Waals surface area (Å²) in [5.74, 6) is -0.792. The van der Waals surface area contributed by atoms with Crippen molar-refractivity contribution in [3.63, 3.8) is 0 Å². The Labute approximate surface area is 109 Å². The Bertz CT molecular complexity index is 610. The second-order valence-corrected chi connectivity index (χ2v) is 4.60. The van der Waals surface area contributed by atoms with Gasteiger partial charge in [-0.1, -0.05) is 0 Å². The first kappa shape index (κ1) is 11.8. The number of aryl methyl sites for hydroxylation is 1. The quantitative estimate of drug-likeness (QED) is 0.881. The van der Waals surface area contributed by atoms with E-state index in [1.165, 1.54) is 12.3 Å². The first-order valence-corrected chi connectivity index (χ1v) is 6.14. The normalized spacial score (nSPS) is 17.8. The smallest absolute Gasteiger partial charge is 0.253 e. The van der Waals surface area contributed by atoms with E-state index in [4.69, 9.17) is 0 Å². The predicted octanol–water partition coefficient (Wildman–Crippen LogP) is 1.16. The Hall–Kier alpha value is -2.24. The molecule has 3 heterocycles. The van der Waals surface area contributed by atoms with Crippen molar-refractivity contribution in [3.05, 3.63) is 47.8 Å². The third-order valence-electron chi connectivity index (χ3n) is 3.25. The molecule has 1 amide bonds. The maximum Gasteiger partial charge on any atom is 0.253 e. The Morgan fingerprint density at radius 3 is 3.21 bits per heavy atom. The summed E-state index contributed by atoms with van der Waals surface area (Å²) in [7, 11) is 0. The second kappa shape index (κ2) is 4.79. The molecule has 0 saturated heterocycles. The molecule has 0 fully saturated rings. The van der Waals surface area contributed by atoms with E-state index in [1.54, 1.807) is 6.20 Å². The molecular formula is C13H13FN4O. The molecule has 3 rings (SSSR count). The minimum absolute atomic E-state index is 0.0555. The van der Waals surface area contributed by atoms with Crippen LogP contribution in [0.25, 0.3) is 0 Å². The third-order valence-corrected chi connectivity index (χ3v) is 3.25. The molecule has 0 aromatic carbocycles. The van der Waals surface area contributed by atoms with Gasteiger partial charge in [0.15, 0.2) is 0 Å². The van der Waals surface area contributed by atoms with Gasteiger partial charge in [-0.05, 0) is 18.6 Å². The molecule has 1 aliphatic rings. The molecule has 0 radical (unpaired) electrons. The molecule has 19 heavy (non-hydrogen) atoms. The van der Waals surface area contributed by atoms with E-state index in [1.807, 2.05) is 10.7 Å². The molecule has 2 aromatic heterocycles. The summed E-state index contributed by atoms with van der Waals surface area (Å²) < 4.78 is 14.9. The maximum atomic E-state index is 13.0. The molecule has 0 aliphatic carbocycles. The van der Waals surface area contributed by atoms with Gasteiger partial charge in [-0.3, -0.25) is 14.5 Å². The zero-order chi connectivity index (χ0) is 13.2. The van der Waals surface area contributed by atoms with Gasteiger partial charge in [0, 0.05) is 37.1 Å². The predicted molar refractivity (Wildman–Crippen MR) is 66.0 cm³/mol. The van der Waals surface area contributed by atoms with Crippen LogP contribution >= 0.6 is 0 Å². The molecule has 1 N–H and O–H groups in total. The molecule has 0 saturated carbocycles. The third kappa shape index (κ3) is 2.47. The van der Waals surface area contributed by atoms with Gasteiger partial charge in [0.25, 0.3) is 5.91 Å². The number of amides is 1. The van der Waals surface area contributed by atoms with Gasteiger partial charge >= 0.3 is 0 Å².